The molecule has 1 aromatic heterocycles. The highest BCUT2D eigenvalue weighted by atomic mass is 19.4. The Bertz CT molecular complexity index is 1490. The number of para-hydroxylation sites is 1. The van der Waals surface area contributed by atoms with Gasteiger partial charge < -0.3 is 23.9 Å². The maximum Gasteiger partial charge on any atom is 0.573 e. The normalized spacial score (nSPS) is 12.3. The number of carboxylic acid groups (broad SMARTS) is 1. The Morgan fingerprint density at radius 1 is 1.00 bits per heavy atom. The summed E-state index contributed by atoms with van der Waals surface area (Å²) < 4.78 is 55.5. The molecule has 1 N–H and O–H groups in total. The van der Waals surface area contributed by atoms with Gasteiger partial charge in [0.15, 0.2) is 11.9 Å². The number of benzene rings is 3. The molecule has 0 fully saturated rings. The summed E-state index contributed by atoms with van der Waals surface area (Å²) in [6.45, 7) is 3.18. The zero-order valence-corrected chi connectivity index (χ0v) is 20.7. The van der Waals surface area contributed by atoms with Crippen molar-refractivity contribution in [2.45, 2.75) is 32.9 Å². The number of carboxylic acids is 1. The monoisotopic (exact) mass is 527 g/mol. The first kappa shape index (κ1) is 26.6. The number of alkyl halides is 3. The van der Waals surface area contributed by atoms with Gasteiger partial charge in [-0.25, -0.2) is 4.79 Å². The lowest BCUT2D eigenvalue weighted by atomic mass is 10.0. The number of nitrogens with zero attached hydrogens (tertiary/aromatic N) is 1. The predicted molar refractivity (Wildman–Crippen MR) is 133 cm³/mol. The molecule has 0 spiro atoms. The van der Waals surface area contributed by atoms with Crippen molar-refractivity contribution in [3.63, 3.8) is 0 Å². The maximum atomic E-state index is 13.6. The standard InChI is InChI=1S/C28H24F3NO6/c1-16-25(26(33)18-8-10-20(36-3)11-9-18)22-13-12-21(38-28(29,30)31)14-23(22)32(16)15-19-6-4-5-7-24(19)37-17(2)27(34)35/h4-14,17H,15H2,1-3H3,(H,34,35)/t17-/m0/s1. The second kappa shape index (κ2) is 10.5. The predicted octanol–water partition coefficient (Wildman–Crippen LogP) is 5.99. The van der Waals surface area contributed by atoms with Gasteiger partial charge in [0.05, 0.1) is 24.7 Å². The van der Waals surface area contributed by atoms with Crippen molar-refractivity contribution in [3.05, 3.63) is 89.1 Å². The van der Waals surface area contributed by atoms with E-state index in [1.165, 1.54) is 26.2 Å². The number of aromatic nitrogens is 1. The van der Waals surface area contributed by atoms with Gasteiger partial charge in [0.1, 0.15) is 17.2 Å². The van der Waals surface area contributed by atoms with E-state index in [0.29, 0.717) is 44.8 Å². The van der Waals surface area contributed by atoms with Crippen molar-refractivity contribution >= 4 is 22.7 Å². The Labute approximate surface area is 216 Å². The number of hydrogen-bond donors (Lipinski definition) is 1. The van der Waals surface area contributed by atoms with Gasteiger partial charge in [-0.05, 0) is 56.3 Å². The fourth-order valence-corrected chi connectivity index (χ4v) is 4.19. The number of carbonyl (C=O) groups excluding carboxylic acids is 1. The van der Waals surface area contributed by atoms with E-state index in [-0.39, 0.29) is 12.3 Å². The summed E-state index contributed by atoms with van der Waals surface area (Å²) in [5.41, 5.74) is 2.11. The van der Waals surface area contributed by atoms with E-state index < -0.39 is 24.2 Å². The smallest absolute Gasteiger partial charge is 0.497 e. The van der Waals surface area contributed by atoms with Crippen LogP contribution in [0.15, 0.2) is 66.7 Å². The second-order valence-corrected chi connectivity index (χ2v) is 8.54. The van der Waals surface area contributed by atoms with Crippen LogP contribution in [-0.2, 0) is 11.3 Å². The third-order valence-corrected chi connectivity index (χ3v) is 6.06. The van der Waals surface area contributed by atoms with Crippen molar-refractivity contribution in [2.75, 3.05) is 7.11 Å². The molecule has 38 heavy (non-hydrogen) atoms. The van der Waals surface area contributed by atoms with E-state index in [0.717, 1.165) is 6.07 Å². The molecule has 0 aliphatic carbocycles. The van der Waals surface area contributed by atoms with Gasteiger partial charge in [-0.3, -0.25) is 4.79 Å². The van der Waals surface area contributed by atoms with Crippen LogP contribution < -0.4 is 14.2 Å². The summed E-state index contributed by atoms with van der Waals surface area (Å²) in [5.74, 6) is -1.03. The van der Waals surface area contributed by atoms with Crippen molar-refractivity contribution in [2.24, 2.45) is 0 Å². The Morgan fingerprint density at radius 3 is 2.29 bits per heavy atom. The number of aliphatic carboxylic acids is 1. The van der Waals surface area contributed by atoms with Gasteiger partial charge in [-0.1, -0.05) is 18.2 Å². The SMILES string of the molecule is COc1ccc(C(=O)c2c(C)n(Cc3ccccc3O[C@@H](C)C(=O)O)c3cc(OC(F)(F)F)ccc23)cc1. The molecule has 7 nitrogen and oxygen atoms in total. The van der Waals surface area contributed by atoms with Crippen LogP contribution in [0, 0.1) is 6.92 Å². The van der Waals surface area contributed by atoms with Crippen LogP contribution >= 0.6 is 0 Å². The lowest BCUT2D eigenvalue weighted by Gasteiger charge is -2.16. The quantitative estimate of drug-likeness (QED) is 0.269. The molecule has 4 rings (SSSR count). The van der Waals surface area contributed by atoms with Crippen LogP contribution in [0.3, 0.4) is 0 Å². The molecule has 0 aliphatic heterocycles. The molecule has 0 saturated carbocycles. The summed E-state index contributed by atoms with van der Waals surface area (Å²) in [6, 6.07) is 17.1. The van der Waals surface area contributed by atoms with Crippen LogP contribution in [-0.4, -0.2) is 41.0 Å². The van der Waals surface area contributed by atoms with Crippen molar-refractivity contribution in [1.29, 1.82) is 0 Å². The van der Waals surface area contributed by atoms with E-state index >= 15 is 0 Å². The minimum Gasteiger partial charge on any atom is -0.497 e. The van der Waals surface area contributed by atoms with Crippen LogP contribution in [0.5, 0.6) is 17.2 Å². The van der Waals surface area contributed by atoms with Gasteiger partial charge >= 0.3 is 12.3 Å². The average molecular weight is 527 g/mol. The second-order valence-electron chi connectivity index (χ2n) is 8.54. The first-order chi connectivity index (χ1) is 18.0. The van der Waals surface area contributed by atoms with Gasteiger partial charge in [-0.2, -0.15) is 0 Å². The van der Waals surface area contributed by atoms with E-state index in [9.17, 15) is 27.9 Å². The lowest BCUT2D eigenvalue weighted by Crippen LogP contribution is -2.23. The zero-order valence-electron chi connectivity index (χ0n) is 20.7. The van der Waals surface area contributed by atoms with E-state index in [2.05, 4.69) is 4.74 Å². The molecule has 10 heteroatoms. The molecular weight excluding hydrogens is 503 g/mol. The summed E-state index contributed by atoms with van der Waals surface area (Å²) >= 11 is 0. The third-order valence-electron chi connectivity index (χ3n) is 6.06. The highest BCUT2D eigenvalue weighted by Crippen LogP contribution is 2.34. The maximum absolute atomic E-state index is 13.6. The molecule has 4 aromatic rings. The zero-order chi connectivity index (χ0) is 27.6. The number of rotatable bonds is 9. The molecular formula is C28H24F3NO6. The Kier molecular flexibility index (Phi) is 7.34. The highest BCUT2D eigenvalue weighted by molar-refractivity contribution is 6.17. The summed E-state index contributed by atoms with van der Waals surface area (Å²) in [4.78, 5) is 24.9. The Balaban J connectivity index is 1.85. The first-order valence-corrected chi connectivity index (χ1v) is 11.5. The van der Waals surface area contributed by atoms with Crippen molar-refractivity contribution < 1.29 is 42.1 Å². The molecule has 3 aromatic carbocycles. The Morgan fingerprint density at radius 2 is 1.66 bits per heavy atom. The van der Waals surface area contributed by atoms with Gasteiger partial charge in [0.25, 0.3) is 0 Å². The number of methoxy groups -OCH3 is 1. The fourth-order valence-electron chi connectivity index (χ4n) is 4.19. The van der Waals surface area contributed by atoms with Crippen LogP contribution in [0.4, 0.5) is 13.2 Å². The number of ketones is 1. The minimum absolute atomic E-state index is 0.0935. The molecule has 1 atom stereocenters. The van der Waals surface area contributed by atoms with Gasteiger partial charge in [0.2, 0.25) is 0 Å². The average Bonchev–Trinajstić information content (AvgIpc) is 3.14. The topological polar surface area (TPSA) is 87.0 Å². The molecule has 1 heterocycles. The molecule has 0 radical (unpaired) electrons. The first-order valence-electron chi connectivity index (χ1n) is 11.5. The van der Waals surface area contributed by atoms with E-state index in [1.807, 2.05) is 0 Å². The summed E-state index contributed by atoms with van der Waals surface area (Å²) in [7, 11) is 1.51. The van der Waals surface area contributed by atoms with Crippen molar-refractivity contribution in [1.82, 2.24) is 4.57 Å². The highest BCUT2D eigenvalue weighted by Gasteiger charge is 2.32. The number of carbonyl (C=O) groups is 2. The van der Waals surface area contributed by atoms with E-state index in [4.69, 9.17) is 9.47 Å². The number of ether oxygens (including phenoxy) is 3. The minimum atomic E-state index is -4.89. The lowest BCUT2D eigenvalue weighted by molar-refractivity contribution is -0.274. The van der Waals surface area contributed by atoms with Crippen LogP contribution in [0.1, 0.15) is 34.1 Å². The summed E-state index contributed by atoms with van der Waals surface area (Å²) in [6.07, 6.45) is -6.02. The van der Waals surface area contributed by atoms with Crippen LogP contribution in [0.2, 0.25) is 0 Å². The van der Waals surface area contributed by atoms with Crippen molar-refractivity contribution in [3.8, 4) is 17.2 Å². The molecule has 198 valence electrons. The number of hydrogen-bond acceptors (Lipinski definition) is 5. The van der Waals surface area contributed by atoms with Gasteiger partial charge in [0, 0.05) is 28.3 Å². The number of halogens is 3. The fraction of sp³-hybridized carbons (Fsp3) is 0.214. The molecule has 0 aliphatic rings. The summed E-state index contributed by atoms with van der Waals surface area (Å²) in [5, 5.41) is 9.70. The van der Waals surface area contributed by atoms with Crippen LogP contribution in [0.25, 0.3) is 10.9 Å². The molecule has 0 amide bonds. The molecule has 0 unspecified atom stereocenters. The number of fused-ring (bicyclic) bond motifs is 1. The van der Waals surface area contributed by atoms with E-state index in [1.54, 1.807) is 60.0 Å². The van der Waals surface area contributed by atoms with Gasteiger partial charge in [-0.15, -0.1) is 13.2 Å². The molecule has 0 bridgehead atoms. The largest absolute Gasteiger partial charge is 0.573 e. The molecule has 0 saturated heterocycles. The third kappa shape index (κ3) is 5.59. The Hall–Kier alpha value is -4.47.